The molecule has 1 aromatic heterocycles. The van der Waals surface area contributed by atoms with E-state index in [2.05, 4.69) is 15.8 Å². The number of amides is 1. The highest BCUT2D eigenvalue weighted by Gasteiger charge is 2.56. The number of benzene rings is 2. The highest BCUT2D eigenvalue weighted by atomic mass is 35.5. The van der Waals surface area contributed by atoms with Crippen LogP contribution in [0.5, 0.6) is 17.2 Å². The molecule has 0 saturated carbocycles. The molecule has 0 spiro atoms. The number of aromatic hydroxyl groups is 2. The number of rotatable bonds is 5. The van der Waals surface area contributed by atoms with Gasteiger partial charge in [0.05, 0.1) is 19.2 Å². The number of ether oxygens (including phenoxy) is 1. The van der Waals surface area contributed by atoms with E-state index in [0.717, 1.165) is 11.1 Å². The predicted octanol–water partition coefficient (Wildman–Crippen LogP) is 3.07. The van der Waals surface area contributed by atoms with Crippen LogP contribution in [0.1, 0.15) is 28.8 Å². The number of hydrogen-bond donors (Lipinski definition) is 4. The van der Waals surface area contributed by atoms with Gasteiger partial charge < -0.3 is 19.8 Å². The number of hydrogen-bond acceptors (Lipinski definition) is 7. The molecule has 4 N–H and O–H groups in total. The van der Waals surface area contributed by atoms with Crippen molar-refractivity contribution in [3.8, 4) is 17.2 Å². The van der Waals surface area contributed by atoms with E-state index in [1.807, 2.05) is 12.1 Å². The Morgan fingerprint density at radius 1 is 1.09 bits per heavy atom. The Labute approximate surface area is 195 Å². The second kappa shape index (κ2) is 8.55. The highest BCUT2D eigenvalue weighted by molar-refractivity contribution is 6.30. The number of halogens is 1. The monoisotopic (exact) mass is 466 g/mol. The van der Waals surface area contributed by atoms with Gasteiger partial charge in [0.25, 0.3) is 0 Å². The van der Waals surface area contributed by atoms with E-state index in [4.69, 9.17) is 16.3 Å². The number of phenolic OH excluding ortho intramolecular Hbond substituents is 2. The van der Waals surface area contributed by atoms with Crippen molar-refractivity contribution in [2.24, 2.45) is 5.92 Å². The molecule has 0 bridgehead atoms. The van der Waals surface area contributed by atoms with Crippen LogP contribution >= 0.6 is 11.6 Å². The Bertz CT molecular complexity index is 1190. The lowest BCUT2D eigenvalue weighted by Crippen LogP contribution is -2.41. The SMILES string of the molecule is COc1cc(C2C3C(NNC3c3cc(Cl)ccc3O)C(=O)N2Cc2cccnc2)ccc1O. The van der Waals surface area contributed by atoms with Gasteiger partial charge in [-0.3, -0.25) is 9.78 Å². The Morgan fingerprint density at radius 2 is 1.88 bits per heavy atom. The van der Waals surface area contributed by atoms with E-state index in [0.29, 0.717) is 22.9 Å². The summed E-state index contributed by atoms with van der Waals surface area (Å²) in [6, 6.07) is 12.5. The number of hydrazine groups is 1. The third-order valence-corrected chi connectivity index (χ3v) is 6.59. The minimum absolute atomic E-state index is 0.0210. The molecule has 5 rings (SSSR count). The number of methoxy groups -OCH3 is 1. The molecule has 33 heavy (non-hydrogen) atoms. The maximum Gasteiger partial charge on any atom is 0.242 e. The van der Waals surface area contributed by atoms with Crippen LogP contribution in [-0.4, -0.2) is 39.2 Å². The standard InChI is InChI=1S/C24H23ClN4O4/c1-33-19-9-14(4-6-18(19)31)23-20-21(16-10-15(25)5-7-17(16)30)27-28-22(20)24(32)29(23)12-13-3-2-8-26-11-13/h2-11,20-23,27-28,30-31H,12H2,1H3. The highest BCUT2D eigenvalue weighted by Crippen LogP contribution is 2.50. The number of nitrogens with zero attached hydrogens (tertiary/aromatic N) is 2. The first-order chi connectivity index (χ1) is 16.0. The van der Waals surface area contributed by atoms with E-state index < -0.39 is 6.04 Å². The number of pyridine rings is 1. The van der Waals surface area contributed by atoms with Gasteiger partial charge in [-0.25, -0.2) is 10.9 Å². The lowest BCUT2D eigenvalue weighted by atomic mass is 9.83. The Balaban J connectivity index is 1.61. The molecule has 2 saturated heterocycles. The van der Waals surface area contributed by atoms with Gasteiger partial charge in [-0.15, -0.1) is 0 Å². The van der Waals surface area contributed by atoms with Gasteiger partial charge in [-0.05, 0) is 47.5 Å². The maximum atomic E-state index is 13.6. The van der Waals surface area contributed by atoms with Crippen LogP contribution in [0.2, 0.25) is 5.02 Å². The van der Waals surface area contributed by atoms with Crippen LogP contribution in [-0.2, 0) is 11.3 Å². The maximum absolute atomic E-state index is 13.6. The molecule has 9 heteroatoms. The summed E-state index contributed by atoms with van der Waals surface area (Å²) in [4.78, 5) is 19.5. The van der Waals surface area contributed by atoms with Gasteiger partial charge in [-0.2, -0.15) is 0 Å². The predicted molar refractivity (Wildman–Crippen MR) is 122 cm³/mol. The molecule has 8 nitrogen and oxygen atoms in total. The van der Waals surface area contributed by atoms with Crippen LogP contribution in [0.3, 0.4) is 0 Å². The smallest absolute Gasteiger partial charge is 0.242 e. The summed E-state index contributed by atoms with van der Waals surface area (Å²) in [5.41, 5.74) is 8.63. The number of fused-ring (bicyclic) bond motifs is 1. The Hall–Kier alpha value is -3.33. The van der Waals surface area contributed by atoms with E-state index >= 15 is 0 Å². The zero-order chi connectivity index (χ0) is 23.1. The first-order valence-corrected chi connectivity index (χ1v) is 10.9. The lowest BCUT2D eigenvalue weighted by molar-refractivity contribution is -0.131. The largest absolute Gasteiger partial charge is 0.508 e. The van der Waals surface area contributed by atoms with Crippen LogP contribution in [0.15, 0.2) is 60.9 Å². The Morgan fingerprint density at radius 3 is 2.64 bits per heavy atom. The Kier molecular flexibility index (Phi) is 5.57. The average molecular weight is 467 g/mol. The fraction of sp³-hybridized carbons (Fsp3) is 0.250. The topological polar surface area (TPSA) is 107 Å². The molecular formula is C24H23ClN4O4. The van der Waals surface area contributed by atoms with Crippen molar-refractivity contribution in [3.05, 3.63) is 82.6 Å². The van der Waals surface area contributed by atoms with Gasteiger partial charge in [0.15, 0.2) is 11.5 Å². The van der Waals surface area contributed by atoms with Crippen molar-refractivity contribution in [2.75, 3.05) is 7.11 Å². The normalized spacial score (nSPS) is 24.2. The molecule has 170 valence electrons. The van der Waals surface area contributed by atoms with Crippen molar-refractivity contribution < 1.29 is 19.7 Å². The van der Waals surface area contributed by atoms with Crippen LogP contribution in [0.25, 0.3) is 0 Å². The lowest BCUT2D eigenvalue weighted by Gasteiger charge is -2.31. The molecule has 2 aliphatic rings. The fourth-order valence-electron chi connectivity index (χ4n) is 4.88. The summed E-state index contributed by atoms with van der Waals surface area (Å²) in [5.74, 6) is 0.100. The summed E-state index contributed by atoms with van der Waals surface area (Å²) >= 11 is 6.23. The molecular weight excluding hydrogens is 444 g/mol. The zero-order valence-corrected chi connectivity index (χ0v) is 18.5. The summed E-state index contributed by atoms with van der Waals surface area (Å²) in [6.07, 6.45) is 3.43. The summed E-state index contributed by atoms with van der Waals surface area (Å²) in [5, 5.41) is 21.2. The van der Waals surface area contributed by atoms with E-state index in [9.17, 15) is 15.0 Å². The molecule has 3 heterocycles. The molecule has 2 aliphatic heterocycles. The molecule has 2 aromatic carbocycles. The number of carbonyl (C=O) groups is 1. The van der Waals surface area contributed by atoms with Crippen molar-refractivity contribution >= 4 is 17.5 Å². The van der Waals surface area contributed by atoms with Crippen LogP contribution in [0, 0.1) is 5.92 Å². The second-order valence-electron chi connectivity index (χ2n) is 8.23. The van der Waals surface area contributed by atoms with E-state index in [1.165, 1.54) is 7.11 Å². The number of carbonyl (C=O) groups excluding carboxylic acids is 1. The van der Waals surface area contributed by atoms with E-state index in [-0.39, 0.29) is 35.4 Å². The molecule has 1 amide bonds. The summed E-state index contributed by atoms with van der Waals surface area (Å²) in [7, 11) is 1.49. The van der Waals surface area contributed by atoms with Crippen molar-refractivity contribution in [2.45, 2.75) is 24.7 Å². The molecule has 4 atom stereocenters. The molecule has 4 unspecified atom stereocenters. The summed E-state index contributed by atoms with van der Waals surface area (Å²) in [6.45, 7) is 0.365. The first-order valence-electron chi connectivity index (χ1n) is 10.5. The van der Waals surface area contributed by atoms with Crippen LogP contribution < -0.4 is 15.6 Å². The second-order valence-corrected chi connectivity index (χ2v) is 8.66. The number of nitrogens with one attached hydrogen (secondary N) is 2. The van der Waals surface area contributed by atoms with Crippen molar-refractivity contribution in [1.29, 1.82) is 0 Å². The van der Waals surface area contributed by atoms with Gasteiger partial charge in [-0.1, -0.05) is 23.7 Å². The number of likely N-dealkylation sites (tertiary alicyclic amines) is 1. The van der Waals surface area contributed by atoms with Crippen molar-refractivity contribution in [3.63, 3.8) is 0 Å². The van der Waals surface area contributed by atoms with E-state index in [1.54, 1.807) is 53.7 Å². The first kappa shape index (κ1) is 21.5. The van der Waals surface area contributed by atoms with Gasteiger partial charge in [0, 0.05) is 35.4 Å². The van der Waals surface area contributed by atoms with Gasteiger partial charge >= 0.3 is 0 Å². The van der Waals surface area contributed by atoms with Crippen LogP contribution in [0.4, 0.5) is 0 Å². The van der Waals surface area contributed by atoms with Gasteiger partial charge in [0.2, 0.25) is 5.91 Å². The minimum Gasteiger partial charge on any atom is -0.508 e. The fourth-order valence-corrected chi connectivity index (χ4v) is 5.06. The quantitative estimate of drug-likeness (QED) is 0.457. The van der Waals surface area contributed by atoms with Crippen molar-refractivity contribution in [1.82, 2.24) is 20.7 Å². The summed E-state index contributed by atoms with van der Waals surface area (Å²) < 4.78 is 5.33. The molecule has 3 aromatic rings. The molecule has 0 radical (unpaired) electrons. The van der Waals surface area contributed by atoms with Gasteiger partial charge in [0.1, 0.15) is 11.8 Å². The zero-order valence-electron chi connectivity index (χ0n) is 17.8. The molecule has 0 aliphatic carbocycles. The third kappa shape index (κ3) is 3.76. The third-order valence-electron chi connectivity index (χ3n) is 6.36. The number of aromatic nitrogens is 1. The minimum atomic E-state index is -0.519. The number of phenols is 2. The molecule has 2 fully saturated rings. The average Bonchev–Trinajstić information content (AvgIpc) is 3.36.